The van der Waals surface area contributed by atoms with E-state index >= 15 is 0 Å². The minimum atomic E-state index is -0.760. The Morgan fingerprint density at radius 2 is 1.79 bits per heavy atom. The van der Waals surface area contributed by atoms with Crippen molar-refractivity contribution in [2.75, 3.05) is 5.32 Å². The van der Waals surface area contributed by atoms with Gasteiger partial charge in [0.05, 0.1) is 11.6 Å². The molecule has 9 heteroatoms. The predicted octanol–water partition coefficient (Wildman–Crippen LogP) is 1.95. The molecule has 0 bridgehead atoms. The van der Waals surface area contributed by atoms with Crippen LogP contribution in [0, 0.1) is 12.8 Å². The second kappa shape index (κ2) is 8.26. The van der Waals surface area contributed by atoms with Gasteiger partial charge in [-0.1, -0.05) is 25.7 Å². The van der Waals surface area contributed by atoms with Crippen LogP contribution in [-0.2, 0) is 14.4 Å². The number of anilines is 1. The summed E-state index contributed by atoms with van der Waals surface area (Å²) in [5.41, 5.74) is 1.44. The summed E-state index contributed by atoms with van der Waals surface area (Å²) < 4.78 is 1.33. The Bertz CT molecular complexity index is 892. The van der Waals surface area contributed by atoms with E-state index in [0.29, 0.717) is 5.69 Å². The number of hydrogen-bond acceptors (Lipinski definition) is 5. The summed E-state index contributed by atoms with van der Waals surface area (Å²) in [6.45, 7) is 1.76. The zero-order chi connectivity index (χ0) is 20.4. The number of fused-ring (bicyclic) bond motifs is 1. The van der Waals surface area contributed by atoms with Crippen LogP contribution in [0.1, 0.15) is 63.5 Å². The maximum absolute atomic E-state index is 12.5. The highest BCUT2D eigenvalue weighted by atomic mass is 16.2. The molecular weight excluding hydrogens is 372 g/mol. The number of hydrogen-bond donors (Lipinski definition) is 2. The third-order valence-electron chi connectivity index (χ3n) is 5.74. The molecule has 3 aliphatic rings. The van der Waals surface area contributed by atoms with Crippen molar-refractivity contribution in [3.63, 3.8) is 0 Å². The van der Waals surface area contributed by atoms with Crippen molar-refractivity contribution < 1.29 is 14.4 Å². The van der Waals surface area contributed by atoms with Crippen molar-refractivity contribution >= 4 is 35.2 Å². The summed E-state index contributed by atoms with van der Waals surface area (Å²) in [7, 11) is 0. The maximum Gasteiger partial charge on any atom is 0.314 e. The summed E-state index contributed by atoms with van der Waals surface area (Å²) in [5, 5.41) is 9.73. The number of rotatable bonds is 2. The van der Waals surface area contributed by atoms with E-state index in [-0.39, 0.29) is 29.6 Å². The molecule has 2 N–H and O–H groups in total. The van der Waals surface area contributed by atoms with Crippen LogP contribution in [0.3, 0.4) is 0 Å². The number of aromatic nitrogens is 2. The van der Waals surface area contributed by atoms with Gasteiger partial charge in [-0.25, -0.2) is 4.99 Å². The lowest BCUT2D eigenvalue weighted by Gasteiger charge is -2.17. The number of aliphatic imine (C=N–C) groups is 2. The molecule has 1 aliphatic heterocycles. The number of amides is 3. The van der Waals surface area contributed by atoms with Gasteiger partial charge in [0.1, 0.15) is 5.82 Å². The van der Waals surface area contributed by atoms with Crippen LogP contribution in [0.25, 0.3) is 0 Å². The number of aryl methyl sites for hydroxylation is 1. The van der Waals surface area contributed by atoms with E-state index in [4.69, 9.17) is 0 Å². The van der Waals surface area contributed by atoms with Crippen LogP contribution in [0.2, 0.25) is 0 Å². The van der Waals surface area contributed by atoms with Gasteiger partial charge in [0.2, 0.25) is 0 Å². The molecule has 2 heterocycles. The van der Waals surface area contributed by atoms with E-state index in [1.807, 2.05) is 0 Å². The number of carbonyl (C=O) groups excluding carboxylic acids is 3. The third-order valence-corrected chi connectivity index (χ3v) is 5.74. The van der Waals surface area contributed by atoms with E-state index in [1.165, 1.54) is 17.5 Å². The highest BCUT2D eigenvalue weighted by molar-refractivity contribution is 6.39. The van der Waals surface area contributed by atoms with Crippen LogP contribution in [0.15, 0.2) is 16.1 Å². The maximum atomic E-state index is 12.5. The van der Waals surface area contributed by atoms with Crippen molar-refractivity contribution in [2.45, 2.75) is 70.8 Å². The van der Waals surface area contributed by atoms with Crippen LogP contribution in [0.4, 0.5) is 5.82 Å². The van der Waals surface area contributed by atoms with Gasteiger partial charge in [0.15, 0.2) is 0 Å². The van der Waals surface area contributed by atoms with E-state index in [9.17, 15) is 14.4 Å². The highest BCUT2D eigenvalue weighted by Gasteiger charge is 2.34. The van der Waals surface area contributed by atoms with Crippen LogP contribution in [0.5, 0.6) is 0 Å². The molecule has 154 valence electrons. The first-order valence-electron chi connectivity index (χ1n) is 10.4. The highest BCUT2D eigenvalue weighted by Crippen LogP contribution is 2.27. The molecule has 3 amide bonds. The molecule has 1 aromatic heterocycles. The first kappa shape index (κ1) is 19.5. The molecule has 1 aromatic rings. The average Bonchev–Trinajstić information content (AvgIpc) is 3.22. The summed E-state index contributed by atoms with van der Waals surface area (Å²) in [4.78, 5) is 45.7. The van der Waals surface area contributed by atoms with Gasteiger partial charge in [-0.2, -0.15) is 14.8 Å². The van der Waals surface area contributed by atoms with Gasteiger partial charge in [0.25, 0.3) is 11.9 Å². The van der Waals surface area contributed by atoms with E-state index in [2.05, 4.69) is 25.7 Å². The Balaban J connectivity index is 1.48. The monoisotopic (exact) mass is 398 g/mol. The zero-order valence-corrected chi connectivity index (χ0v) is 16.6. The molecule has 0 saturated heterocycles. The lowest BCUT2D eigenvalue weighted by atomic mass is 10.1. The zero-order valence-electron chi connectivity index (χ0n) is 16.6. The fourth-order valence-electron chi connectivity index (χ4n) is 4.24. The fraction of sp³-hybridized carbons (Fsp3) is 0.600. The smallest absolute Gasteiger partial charge is 0.314 e. The molecule has 1 atom stereocenters. The lowest BCUT2D eigenvalue weighted by Crippen LogP contribution is -2.42. The number of nitrogens with one attached hydrogen (secondary N) is 2. The first-order chi connectivity index (χ1) is 14.0. The second-order valence-electron chi connectivity index (χ2n) is 8.00. The average molecular weight is 398 g/mol. The van der Waals surface area contributed by atoms with Crippen LogP contribution in [-0.4, -0.2) is 45.2 Å². The first-order valence-corrected chi connectivity index (χ1v) is 10.4. The van der Waals surface area contributed by atoms with Gasteiger partial charge in [-0.3, -0.25) is 14.4 Å². The van der Waals surface area contributed by atoms with Crippen LogP contribution < -0.4 is 10.6 Å². The molecule has 0 radical (unpaired) electrons. The number of carbonyl (C=O) groups is 3. The van der Waals surface area contributed by atoms with Gasteiger partial charge in [-0.05, 0) is 39.0 Å². The summed E-state index contributed by atoms with van der Waals surface area (Å²) >= 11 is 0. The second-order valence-corrected chi connectivity index (χ2v) is 8.00. The third kappa shape index (κ3) is 4.28. The minimum absolute atomic E-state index is 0.0356. The SMILES string of the molecule is Cc1cc(NC(=O)C(=O)NC2CCCCCC2)n(C2=NC(=O)C3CCCC3=N2)n1. The summed E-state index contributed by atoms with van der Waals surface area (Å²) in [6, 6.07) is 1.67. The Morgan fingerprint density at radius 1 is 1.03 bits per heavy atom. The lowest BCUT2D eigenvalue weighted by molar-refractivity contribution is -0.136. The van der Waals surface area contributed by atoms with Crippen molar-refractivity contribution in [3.8, 4) is 0 Å². The summed E-state index contributed by atoms with van der Waals surface area (Å²) in [5.74, 6) is -1.46. The Morgan fingerprint density at radius 3 is 2.55 bits per heavy atom. The van der Waals surface area contributed by atoms with Crippen molar-refractivity contribution in [2.24, 2.45) is 15.9 Å². The normalized spacial score (nSPS) is 22.4. The standard InChI is InChI=1S/C20H26N6O3/c1-12-11-16(23-19(29)18(28)21-13-7-4-2-3-5-8-13)26(25-12)20-22-15-10-6-9-14(15)17(27)24-20/h11,13-14H,2-10H2,1H3,(H,21,28)(H,23,29). The van der Waals surface area contributed by atoms with Crippen molar-refractivity contribution in [1.82, 2.24) is 15.1 Å². The molecule has 0 aromatic carbocycles. The Kier molecular flexibility index (Phi) is 5.55. The largest absolute Gasteiger partial charge is 0.345 e. The Labute approximate surface area is 169 Å². The molecule has 2 fully saturated rings. The molecule has 1 unspecified atom stereocenters. The molecule has 9 nitrogen and oxygen atoms in total. The molecule has 2 saturated carbocycles. The molecule has 29 heavy (non-hydrogen) atoms. The van der Waals surface area contributed by atoms with E-state index in [1.54, 1.807) is 13.0 Å². The molecule has 4 rings (SSSR count). The number of nitrogens with zero attached hydrogens (tertiary/aromatic N) is 4. The van der Waals surface area contributed by atoms with E-state index < -0.39 is 11.8 Å². The van der Waals surface area contributed by atoms with Crippen molar-refractivity contribution in [3.05, 3.63) is 11.8 Å². The van der Waals surface area contributed by atoms with Crippen LogP contribution >= 0.6 is 0 Å². The molecule has 2 aliphatic carbocycles. The quantitative estimate of drug-likeness (QED) is 0.585. The van der Waals surface area contributed by atoms with Gasteiger partial charge in [0, 0.05) is 17.8 Å². The van der Waals surface area contributed by atoms with Crippen molar-refractivity contribution in [1.29, 1.82) is 0 Å². The fourth-order valence-corrected chi connectivity index (χ4v) is 4.24. The Hall–Kier alpha value is -2.84. The van der Waals surface area contributed by atoms with Gasteiger partial charge >= 0.3 is 11.8 Å². The van der Waals surface area contributed by atoms with Gasteiger partial charge < -0.3 is 10.6 Å². The molecular formula is C20H26N6O3. The minimum Gasteiger partial charge on any atom is -0.345 e. The topological polar surface area (TPSA) is 118 Å². The summed E-state index contributed by atoms with van der Waals surface area (Å²) in [6.07, 6.45) is 8.71. The predicted molar refractivity (Wildman–Crippen MR) is 108 cm³/mol. The van der Waals surface area contributed by atoms with E-state index in [0.717, 1.165) is 50.7 Å². The molecule has 0 spiro atoms. The van der Waals surface area contributed by atoms with Gasteiger partial charge in [-0.15, -0.1) is 0 Å².